The van der Waals surface area contributed by atoms with Gasteiger partial charge in [0.15, 0.2) is 22.9 Å². The molecule has 4 aliphatic heterocycles. The second-order valence-electron chi connectivity index (χ2n) is 15.8. The van der Waals surface area contributed by atoms with E-state index in [1.807, 2.05) is 6.92 Å². The Morgan fingerprint density at radius 3 is 2.67 bits per heavy atom. The van der Waals surface area contributed by atoms with E-state index >= 15 is 0 Å². The van der Waals surface area contributed by atoms with E-state index in [1.54, 1.807) is 11.3 Å². The minimum absolute atomic E-state index is 0.0436. The highest BCUT2D eigenvalue weighted by Crippen LogP contribution is 2.55. The van der Waals surface area contributed by atoms with Crippen LogP contribution >= 0.6 is 11.3 Å². The first-order valence-electron chi connectivity index (χ1n) is 18.2. The topological polar surface area (TPSA) is 155 Å². The van der Waals surface area contributed by atoms with Crippen LogP contribution in [0.4, 0.5) is 10.8 Å². The number of nitriles is 1. The zero-order chi connectivity index (χ0) is 33.3. The van der Waals surface area contributed by atoms with Gasteiger partial charge in [-0.1, -0.05) is 5.16 Å². The number of fused-ring (bicyclic) bond motifs is 7. The molecule has 49 heavy (non-hydrogen) atoms. The molecule has 0 aromatic carbocycles. The third-order valence-electron chi connectivity index (χ3n) is 13.1. The number of aryl methyl sites for hydroxylation is 1. The second-order valence-corrected chi connectivity index (χ2v) is 16.9. The summed E-state index contributed by atoms with van der Waals surface area (Å²) in [6.45, 7) is 7.39. The number of nitrogen functional groups attached to an aromatic ring is 1. The van der Waals surface area contributed by atoms with Gasteiger partial charge in [0.2, 0.25) is 5.88 Å². The molecule has 6 aliphatic rings. The summed E-state index contributed by atoms with van der Waals surface area (Å²) >= 11 is 1.55. The van der Waals surface area contributed by atoms with Gasteiger partial charge < -0.3 is 25.0 Å². The fourth-order valence-electron chi connectivity index (χ4n) is 10.8. The molecule has 2 aliphatic carbocycles. The van der Waals surface area contributed by atoms with Crippen molar-refractivity contribution in [1.29, 1.82) is 5.26 Å². The monoisotopic (exact) mass is 681 g/mol. The summed E-state index contributed by atoms with van der Waals surface area (Å²) in [5, 5.41) is 32.9. The molecule has 256 valence electrons. The first-order chi connectivity index (χ1) is 23.7. The molecular formula is C36H43N9O3S. The Bertz CT molecular complexity index is 2040. The lowest BCUT2D eigenvalue weighted by Gasteiger charge is -2.42. The largest absolute Gasteiger partial charge is 0.474 e. The van der Waals surface area contributed by atoms with Crippen LogP contribution in [0.15, 0.2) is 4.52 Å². The van der Waals surface area contributed by atoms with Crippen LogP contribution in [-0.2, 0) is 18.3 Å². The van der Waals surface area contributed by atoms with E-state index in [0.29, 0.717) is 47.5 Å². The number of ether oxygens (including phenoxy) is 1. The van der Waals surface area contributed by atoms with Crippen LogP contribution < -0.4 is 15.4 Å². The number of rotatable bonds is 3. The predicted molar refractivity (Wildman–Crippen MR) is 185 cm³/mol. The molecule has 0 radical (unpaired) electrons. The van der Waals surface area contributed by atoms with Gasteiger partial charge in [-0.15, -0.1) is 16.4 Å². The van der Waals surface area contributed by atoms with Crippen LogP contribution in [0, 0.1) is 11.3 Å². The first kappa shape index (κ1) is 30.1. The summed E-state index contributed by atoms with van der Waals surface area (Å²) in [5.41, 5.74) is 9.28. The van der Waals surface area contributed by atoms with Gasteiger partial charge in [-0.05, 0) is 110 Å². The molecule has 4 aromatic rings. The minimum Gasteiger partial charge on any atom is -0.474 e. The summed E-state index contributed by atoms with van der Waals surface area (Å²) in [7, 11) is 0. The van der Waals surface area contributed by atoms with Gasteiger partial charge in [0.1, 0.15) is 28.9 Å². The minimum atomic E-state index is -0.853. The standard InChI is InChI=1S/C36H43N9O3S/c1-20(36-12-5-15-43(36)16-6-13-36)45-32-25-31(44-19-34(2,46)14-9-21(44)18-47-33(25)41-45)39-30(40-32)27-22-7-3-10-35(28(22)48-42-27)11-4-8-24-26(35)23(17-37)29(38)49-24/h20-21,46H,3-16,18-19,38H2,1-2H3/t20-,21+,34+,35-/m0/s1. The molecule has 0 amide bonds. The average molecular weight is 682 g/mol. The Hall–Kier alpha value is -3.73. The molecule has 3 N–H and O–H groups in total. The fraction of sp³-hybridized carbons (Fsp3) is 0.639. The predicted octanol–water partition coefficient (Wildman–Crippen LogP) is 5.26. The Morgan fingerprint density at radius 1 is 1.08 bits per heavy atom. The van der Waals surface area contributed by atoms with E-state index in [2.05, 4.69) is 27.5 Å². The second kappa shape index (κ2) is 10.4. The van der Waals surface area contributed by atoms with Crippen LogP contribution in [0.2, 0.25) is 0 Å². The van der Waals surface area contributed by atoms with Crippen molar-refractivity contribution >= 4 is 33.2 Å². The van der Waals surface area contributed by atoms with Crippen LogP contribution in [-0.4, -0.2) is 78.3 Å². The van der Waals surface area contributed by atoms with Gasteiger partial charge in [0, 0.05) is 22.5 Å². The van der Waals surface area contributed by atoms with E-state index < -0.39 is 11.0 Å². The Balaban J connectivity index is 1.18. The summed E-state index contributed by atoms with van der Waals surface area (Å²) in [4.78, 5) is 16.7. The first-order valence-corrected chi connectivity index (χ1v) is 19.0. The average Bonchev–Trinajstić information content (AvgIpc) is 3.89. The summed E-state index contributed by atoms with van der Waals surface area (Å²) in [6.07, 6.45) is 11.6. The van der Waals surface area contributed by atoms with Crippen molar-refractivity contribution in [3.05, 3.63) is 27.3 Å². The van der Waals surface area contributed by atoms with E-state index in [9.17, 15) is 10.4 Å². The zero-order valence-corrected chi connectivity index (χ0v) is 29.1. The number of aliphatic hydroxyl groups is 1. The van der Waals surface area contributed by atoms with Crippen molar-refractivity contribution in [3.63, 3.8) is 0 Å². The normalized spacial score (nSPS) is 29.2. The van der Waals surface area contributed by atoms with Crippen molar-refractivity contribution in [2.45, 2.75) is 120 Å². The van der Waals surface area contributed by atoms with E-state index in [-0.39, 0.29) is 17.6 Å². The molecule has 8 heterocycles. The third kappa shape index (κ3) is 4.08. The number of nitrogens with zero attached hydrogens (tertiary/aromatic N) is 8. The van der Waals surface area contributed by atoms with E-state index in [1.165, 1.54) is 17.7 Å². The maximum Gasteiger partial charge on any atom is 0.246 e. The number of hydrogen-bond donors (Lipinski definition) is 2. The smallest absolute Gasteiger partial charge is 0.246 e. The van der Waals surface area contributed by atoms with Crippen molar-refractivity contribution < 1.29 is 14.4 Å². The van der Waals surface area contributed by atoms with Gasteiger partial charge in [-0.2, -0.15) is 5.26 Å². The van der Waals surface area contributed by atoms with Crippen molar-refractivity contribution in [3.8, 4) is 23.5 Å². The molecule has 0 saturated carbocycles. The zero-order valence-electron chi connectivity index (χ0n) is 28.3. The number of nitrogens with two attached hydrogens (primary N) is 1. The van der Waals surface area contributed by atoms with Gasteiger partial charge >= 0.3 is 0 Å². The van der Waals surface area contributed by atoms with Gasteiger partial charge in [-0.25, -0.2) is 14.6 Å². The molecule has 3 fully saturated rings. The molecule has 3 saturated heterocycles. The lowest BCUT2D eigenvalue weighted by atomic mass is 9.63. The Labute approximate surface area is 289 Å². The third-order valence-corrected chi connectivity index (χ3v) is 14.2. The SMILES string of the molecule is C[C@H](n1nc2c3c(nc(-c4noc5c4CCC[C@@]54CCCc5sc(N)c(C#N)c54)nc31)N1C[C@](C)(O)CC[C@@H]1CO2)C12CCCN1CCC2. The van der Waals surface area contributed by atoms with E-state index in [4.69, 9.17) is 35.2 Å². The number of anilines is 2. The van der Waals surface area contributed by atoms with Gasteiger partial charge in [0.05, 0.1) is 28.7 Å². The van der Waals surface area contributed by atoms with Crippen molar-refractivity contribution in [2.24, 2.45) is 0 Å². The quantitative estimate of drug-likeness (QED) is 0.291. The lowest BCUT2D eigenvalue weighted by Crippen LogP contribution is -2.53. The molecule has 10 rings (SSSR count). The maximum absolute atomic E-state index is 11.3. The summed E-state index contributed by atoms with van der Waals surface area (Å²) in [5.74, 6) is 2.69. The molecule has 4 atom stereocenters. The van der Waals surface area contributed by atoms with Crippen LogP contribution in [0.25, 0.3) is 22.6 Å². The molecule has 1 spiro atoms. The Kier molecular flexibility index (Phi) is 6.39. The lowest BCUT2D eigenvalue weighted by molar-refractivity contribution is 0.0321. The number of thiophene rings is 1. The molecule has 0 unspecified atom stereocenters. The summed E-state index contributed by atoms with van der Waals surface area (Å²) < 4.78 is 15.0. The van der Waals surface area contributed by atoms with Crippen molar-refractivity contribution in [1.82, 2.24) is 29.8 Å². The van der Waals surface area contributed by atoms with Crippen LogP contribution in [0.5, 0.6) is 5.88 Å². The molecule has 13 heteroatoms. The van der Waals surface area contributed by atoms with E-state index in [0.717, 1.165) is 105 Å². The van der Waals surface area contributed by atoms with Crippen molar-refractivity contribution in [2.75, 3.05) is 36.9 Å². The highest BCUT2D eigenvalue weighted by Gasteiger charge is 2.51. The fourth-order valence-corrected chi connectivity index (χ4v) is 11.9. The summed E-state index contributed by atoms with van der Waals surface area (Å²) in [6, 6.07) is 2.57. The number of hydrogen-bond acceptors (Lipinski definition) is 12. The molecular weight excluding hydrogens is 639 g/mol. The van der Waals surface area contributed by atoms with Gasteiger partial charge in [-0.3, -0.25) is 4.90 Å². The van der Waals surface area contributed by atoms with Crippen LogP contribution in [0.3, 0.4) is 0 Å². The van der Waals surface area contributed by atoms with Gasteiger partial charge in [0.25, 0.3) is 0 Å². The molecule has 0 bridgehead atoms. The molecule has 4 aromatic heterocycles. The van der Waals surface area contributed by atoms with Crippen LogP contribution in [0.1, 0.15) is 111 Å². The molecule has 12 nitrogen and oxygen atoms in total. The Morgan fingerprint density at radius 2 is 1.88 bits per heavy atom. The highest BCUT2D eigenvalue weighted by molar-refractivity contribution is 7.16. The highest BCUT2D eigenvalue weighted by atomic mass is 32.1. The number of piperidine rings is 1. The number of aromatic nitrogens is 5. The maximum atomic E-state index is 11.3.